The molecule has 0 atom stereocenters. The van der Waals surface area contributed by atoms with E-state index in [4.69, 9.17) is 5.26 Å². The number of phenols is 1. The number of phenolic OH excluding ortho intramolecular Hbond substituents is 1. The van der Waals surface area contributed by atoms with Crippen LogP contribution in [0.15, 0.2) is 60.7 Å². The van der Waals surface area contributed by atoms with E-state index in [-0.39, 0.29) is 11.5 Å². The van der Waals surface area contributed by atoms with Crippen LogP contribution in [0.1, 0.15) is 21.5 Å². The quantitative estimate of drug-likeness (QED) is 0.725. The summed E-state index contributed by atoms with van der Waals surface area (Å²) in [4.78, 5) is 12.5. The summed E-state index contributed by atoms with van der Waals surface area (Å²) in [5.41, 5.74) is 1.29. The van der Waals surface area contributed by atoms with Crippen molar-refractivity contribution < 1.29 is 9.90 Å². The normalized spacial score (nSPS) is 10.2. The van der Waals surface area contributed by atoms with Gasteiger partial charge in [0, 0.05) is 11.1 Å². The number of rotatable bonds is 2. The van der Waals surface area contributed by atoms with Gasteiger partial charge in [-0.3, -0.25) is 4.79 Å². The number of nitriles is 1. The first-order valence-corrected chi connectivity index (χ1v) is 6.45. The van der Waals surface area contributed by atoms with Gasteiger partial charge in [0.05, 0.1) is 11.6 Å². The van der Waals surface area contributed by atoms with Crippen LogP contribution in [-0.2, 0) is 0 Å². The molecule has 3 aromatic rings. The lowest BCUT2D eigenvalue weighted by molar-refractivity contribution is 0.103. The highest BCUT2D eigenvalue weighted by atomic mass is 16.3. The number of hydrogen-bond donors (Lipinski definition) is 1. The molecule has 0 unspecified atom stereocenters. The number of benzene rings is 3. The van der Waals surface area contributed by atoms with Crippen molar-refractivity contribution >= 4 is 16.6 Å². The SMILES string of the molecule is N#Cc1ccccc1C(=O)c1ccc2cc(O)ccc2c1. The van der Waals surface area contributed by atoms with E-state index in [9.17, 15) is 9.90 Å². The summed E-state index contributed by atoms with van der Waals surface area (Å²) < 4.78 is 0. The molecule has 3 nitrogen and oxygen atoms in total. The fourth-order valence-corrected chi connectivity index (χ4v) is 2.31. The molecule has 100 valence electrons. The van der Waals surface area contributed by atoms with Gasteiger partial charge in [0.15, 0.2) is 5.78 Å². The van der Waals surface area contributed by atoms with Crippen LogP contribution in [0.3, 0.4) is 0 Å². The number of hydrogen-bond acceptors (Lipinski definition) is 3. The fraction of sp³-hybridized carbons (Fsp3) is 0. The Kier molecular flexibility index (Phi) is 3.13. The molecule has 0 bridgehead atoms. The zero-order valence-corrected chi connectivity index (χ0v) is 11.1. The van der Waals surface area contributed by atoms with Crippen LogP contribution < -0.4 is 0 Å². The van der Waals surface area contributed by atoms with Crippen molar-refractivity contribution in [2.45, 2.75) is 0 Å². The van der Waals surface area contributed by atoms with E-state index in [0.29, 0.717) is 16.7 Å². The Balaban J connectivity index is 2.10. The lowest BCUT2D eigenvalue weighted by Crippen LogP contribution is -2.03. The zero-order chi connectivity index (χ0) is 14.8. The summed E-state index contributed by atoms with van der Waals surface area (Å²) in [5.74, 6) is 0.0125. The summed E-state index contributed by atoms with van der Waals surface area (Å²) in [6, 6.07) is 19.1. The van der Waals surface area contributed by atoms with Gasteiger partial charge in [0.1, 0.15) is 5.75 Å². The first-order chi connectivity index (χ1) is 10.2. The maximum atomic E-state index is 12.5. The fourth-order valence-electron chi connectivity index (χ4n) is 2.31. The molecule has 0 amide bonds. The Labute approximate surface area is 121 Å². The van der Waals surface area contributed by atoms with Gasteiger partial charge in [0.2, 0.25) is 0 Å². The summed E-state index contributed by atoms with van der Waals surface area (Å²) in [6.07, 6.45) is 0. The van der Waals surface area contributed by atoms with Crippen molar-refractivity contribution in [3.63, 3.8) is 0 Å². The van der Waals surface area contributed by atoms with Gasteiger partial charge in [-0.25, -0.2) is 0 Å². The molecule has 0 aliphatic rings. The Morgan fingerprint density at radius 2 is 1.67 bits per heavy atom. The highest BCUT2D eigenvalue weighted by Gasteiger charge is 2.13. The Morgan fingerprint density at radius 3 is 2.48 bits per heavy atom. The van der Waals surface area contributed by atoms with Crippen molar-refractivity contribution in [1.82, 2.24) is 0 Å². The maximum absolute atomic E-state index is 12.5. The van der Waals surface area contributed by atoms with Crippen LogP contribution in [0, 0.1) is 11.3 Å². The monoisotopic (exact) mass is 273 g/mol. The zero-order valence-electron chi connectivity index (χ0n) is 11.1. The molecular weight excluding hydrogens is 262 g/mol. The average Bonchev–Trinajstić information content (AvgIpc) is 2.53. The predicted octanol–water partition coefficient (Wildman–Crippen LogP) is 3.65. The number of carbonyl (C=O) groups excluding carboxylic acids is 1. The lowest BCUT2D eigenvalue weighted by Gasteiger charge is -2.05. The summed E-state index contributed by atoms with van der Waals surface area (Å²) in [6.45, 7) is 0. The number of fused-ring (bicyclic) bond motifs is 1. The van der Waals surface area contributed by atoms with Crippen molar-refractivity contribution in [2.24, 2.45) is 0 Å². The largest absolute Gasteiger partial charge is 0.508 e. The van der Waals surface area contributed by atoms with Crippen LogP contribution in [0.4, 0.5) is 0 Å². The molecule has 1 N–H and O–H groups in total. The van der Waals surface area contributed by atoms with Crippen LogP contribution >= 0.6 is 0 Å². The highest BCUT2D eigenvalue weighted by Crippen LogP contribution is 2.23. The summed E-state index contributed by atoms with van der Waals surface area (Å²) in [5, 5.41) is 20.3. The predicted molar refractivity (Wildman–Crippen MR) is 80.2 cm³/mol. The minimum atomic E-state index is -0.179. The molecule has 3 rings (SSSR count). The van der Waals surface area contributed by atoms with E-state index < -0.39 is 0 Å². The lowest BCUT2D eigenvalue weighted by atomic mass is 9.97. The molecule has 0 spiro atoms. The van der Waals surface area contributed by atoms with E-state index >= 15 is 0 Å². The Hall–Kier alpha value is -3.12. The Morgan fingerprint density at radius 1 is 0.952 bits per heavy atom. The van der Waals surface area contributed by atoms with Crippen LogP contribution in [-0.4, -0.2) is 10.9 Å². The molecule has 3 aromatic carbocycles. The van der Waals surface area contributed by atoms with Gasteiger partial charge in [-0.2, -0.15) is 5.26 Å². The Bertz CT molecular complexity index is 891. The molecule has 3 heteroatoms. The van der Waals surface area contributed by atoms with Crippen molar-refractivity contribution in [3.8, 4) is 11.8 Å². The van der Waals surface area contributed by atoms with Gasteiger partial charge in [-0.05, 0) is 41.1 Å². The average molecular weight is 273 g/mol. The third-order valence-electron chi connectivity index (χ3n) is 3.38. The molecule has 0 aliphatic carbocycles. The summed E-state index contributed by atoms with van der Waals surface area (Å²) in [7, 11) is 0. The van der Waals surface area contributed by atoms with Crippen molar-refractivity contribution in [1.29, 1.82) is 5.26 Å². The minimum absolute atomic E-state index is 0.179. The minimum Gasteiger partial charge on any atom is -0.508 e. The molecule has 0 aliphatic heterocycles. The van der Waals surface area contributed by atoms with E-state index in [1.807, 2.05) is 6.07 Å². The second-order valence-corrected chi connectivity index (χ2v) is 4.73. The molecular formula is C18H11NO2. The van der Waals surface area contributed by atoms with Crippen molar-refractivity contribution in [3.05, 3.63) is 77.4 Å². The number of nitrogens with zero attached hydrogens (tertiary/aromatic N) is 1. The van der Waals surface area contributed by atoms with E-state index in [0.717, 1.165) is 10.8 Å². The second-order valence-electron chi connectivity index (χ2n) is 4.73. The number of aromatic hydroxyl groups is 1. The molecule has 21 heavy (non-hydrogen) atoms. The topological polar surface area (TPSA) is 61.1 Å². The maximum Gasteiger partial charge on any atom is 0.194 e. The van der Waals surface area contributed by atoms with Gasteiger partial charge in [0.25, 0.3) is 0 Å². The highest BCUT2D eigenvalue weighted by molar-refractivity contribution is 6.12. The molecule has 0 fully saturated rings. The van der Waals surface area contributed by atoms with Crippen molar-refractivity contribution in [2.75, 3.05) is 0 Å². The first kappa shape index (κ1) is 12.9. The molecule has 0 saturated heterocycles. The smallest absolute Gasteiger partial charge is 0.194 e. The van der Waals surface area contributed by atoms with Gasteiger partial charge in [-0.1, -0.05) is 30.3 Å². The van der Waals surface area contributed by atoms with Gasteiger partial charge >= 0.3 is 0 Å². The second kappa shape index (κ2) is 5.10. The molecule has 0 heterocycles. The number of carbonyl (C=O) groups is 1. The third-order valence-corrected chi connectivity index (χ3v) is 3.38. The summed E-state index contributed by atoms with van der Waals surface area (Å²) >= 11 is 0. The van der Waals surface area contributed by atoms with Gasteiger partial charge < -0.3 is 5.11 Å². The van der Waals surface area contributed by atoms with Crippen LogP contribution in [0.2, 0.25) is 0 Å². The van der Waals surface area contributed by atoms with E-state index in [1.54, 1.807) is 60.7 Å². The van der Waals surface area contributed by atoms with Gasteiger partial charge in [-0.15, -0.1) is 0 Å². The standard InChI is InChI=1S/C18H11NO2/c19-11-15-3-1-2-4-17(15)18(21)14-6-5-13-10-16(20)8-7-12(13)9-14/h1-10,20H. The number of ketones is 1. The van der Waals surface area contributed by atoms with E-state index in [2.05, 4.69) is 0 Å². The van der Waals surface area contributed by atoms with Crippen LogP contribution in [0.25, 0.3) is 10.8 Å². The third kappa shape index (κ3) is 2.35. The van der Waals surface area contributed by atoms with E-state index in [1.165, 1.54) is 0 Å². The molecule has 0 aromatic heterocycles. The molecule has 0 saturated carbocycles. The van der Waals surface area contributed by atoms with Crippen LogP contribution in [0.5, 0.6) is 5.75 Å². The molecule has 0 radical (unpaired) electrons. The first-order valence-electron chi connectivity index (χ1n) is 6.45.